The van der Waals surface area contributed by atoms with Crippen LogP contribution in [0.5, 0.6) is 5.75 Å². The van der Waals surface area contributed by atoms with Crippen LogP contribution in [0.3, 0.4) is 0 Å². The standard InChI is InChI=1S/C25H29ClN2O4/c1-16(2)22(27-24(30)19-4-8-20(26)9-5-19)25(31)28-14-12-18(13-15-28)23(29)17-6-10-21(32-3)11-7-17/h4-11,16,18,22H,12-15H2,1-3H3,(H,27,30). The molecular formula is C25H29ClN2O4. The van der Waals surface area contributed by atoms with Crippen LogP contribution in [0.25, 0.3) is 0 Å². The number of ether oxygens (including phenoxy) is 1. The Labute approximate surface area is 193 Å². The minimum absolute atomic E-state index is 0.0718. The predicted molar refractivity (Wildman–Crippen MR) is 124 cm³/mol. The molecule has 1 unspecified atom stereocenters. The van der Waals surface area contributed by atoms with Crippen LogP contribution in [-0.2, 0) is 4.79 Å². The fourth-order valence-corrected chi connectivity index (χ4v) is 4.02. The molecule has 2 aromatic rings. The van der Waals surface area contributed by atoms with Gasteiger partial charge < -0.3 is 15.0 Å². The molecule has 0 radical (unpaired) electrons. The Morgan fingerprint density at radius 1 is 0.969 bits per heavy atom. The lowest BCUT2D eigenvalue weighted by Gasteiger charge is -2.35. The predicted octanol–water partition coefficient (Wildman–Crippen LogP) is 4.22. The number of Topliss-reactive ketones (excluding diaryl/α,β-unsaturated/α-hetero) is 1. The maximum Gasteiger partial charge on any atom is 0.251 e. The number of nitrogens with zero attached hydrogens (tertiary/aromatic N) is 1. The number of amides is 2. The van der Waals surface area contributed by atoms with E-state index in [2.05, 4.69) is 5.32 Å². The van der Waals surface area contributed by atoms with E-state index in [1.807, 2.05) is 13.8 Å². The summed E-state index contributed by atoms with van der Waals surface area (Å²) < 4.78 is 5.15. The quantitative estimate of drug-likeness (QED) is 0.633. The van der Waals surface area contributed by atoms with Crippen molar-refractivity contribution in [1.82, 2.24) is 10.2 Å². The lowest BCUT2D eigenvalue weighted by Crippen LogP contribution is -2.53. The van der Waals surface area contributed by atoms with E-state index in [-0.39, 0.29) is 29.4 Å². The average molecular weight is 457 g/mol. The number of halogens is 1. The van der Waals surface area contributed by atoms with Crippen molar-refractivity contribution >= 4 is 29.2 Å². The minimum Gasteiger partial charge on any atom is -0.497 e. The van der Waals surface area contributed by atoms with Crippen LogP contribution < -0.4 is 10.1 Å². The summed E-state index contributed by atoms with van der Waals surface area (Å²) in [6.45, 7) is 4.80. The molecule has 1 N–H and O–H groups in total. The van der Waals surface area contributed by atoms with Crippen LogP contribution >= 0.6 is 11.6 Å². The molecule has 170 valence electrons. The summed E-state index contributed by atoms with van der Waals surface area (Å²) in [5.41, 5.74) is 1.11. The van der Waals surface area contributed by atoms with E-state index in [4.69, 9.17) is 16.3 Å². The molecule has 0 bridgehead atoms. The number of rotatable bonds is 7. The van der Waals surface area contributed by atoms with Gasteiger partial charge >= 0.3 is 0 Å². The van der Waals surface area contributed by atoms with E-state index in [1.54, 1.807) is 60.5 Å². The molecule has 1 fully saturated rings. The Morgan fingerprint density at radius 2 is 1.53 bits per heavy atom. The molecule has 1 aliphatic heterocycles. The maximum absolute atomic E-state index is 13.2. The number of piperidine rings is 1. The topological polar surface area (TPSA) is 75.7 Å². The van der Waals surface area contributed by atoms with Gasteiger partial charge in [-0.15, -0.1) is 0 Å². The number of hydrogen-bond acceptors (Lipinski definition) is 4. The summed E-state index contributed by atoms with van der Waals surface area (Å²) in [7, 11) is 1.59. The number of benzene rings is 2. The van der Waals surface area contributed by atoms with Gasteiger partial charge in [0, 0.05) is 35.2 Å². The van der Waals surface area contributed by atoms with E-state index in [9.17, 15) is 14.4 Å². The van der Waals surface area contributed by atoms with E-state index in [0.29, 0.717) is 47.8 Å². The normalized spacial score (nSPS) is 15.3. The van der Waals surface area contributed by atoms with Crippen molar-refractivity contribution in [1.29, 1.82) is 0 Å². The number of hydrogen-bond donors (Lipinski definition) is 1. The highest BCUT2D eigenvalue weighted by atomic mass is 35.5. The zero-order valence-electron chi connectivity index (χ0n) is 18.6. The van der Waals surface area contributed by atoms with Crippen LogP contribution in [0.2, 0.25) is 5.02 Å². The van der Waals surface area contributed by atoms with Crippen LogP contribution in [0, 0.1) is 11.8 Å². The highest BCUT2D eigenvalue weighted by Gasteiger charge is 2.33. The Bertz CT molecular complexity index is 949. The van der Waals surface area contributed by atoms with Gasteiger partial charge in [-0.25, -0.2) is 0 Å². The van der Waals surface area contributed by atoms with Crippen molar-refractivity contribution in [3.63, 3.8) is 0 Å². The number of likely N-dealkylation sites (tertiary alicyclic amines) is 1. The number of carbonyl (C=O) groups is 3. The third-order valence-corrected chi connectivity index (χ3v) is 6.13. The molecule has 6 nitrogen and oxygen atoms in total. The van der Waals surface area contributed by atoms with Gasteiger partial charge in [-0.05, 0) is 67.3 Å². The first kappa shape index (κ1) is 23.8. The molecule has 32 heavy (non-hydrogen) atoms. The summed E-state index contributed by atoms with van der Waals surface area (Å²) in [5.74, 6) is 0.195. The second kappa shape index (κ2) is 10.6. The molecule has 0 saturated carbocycles. The highest BCUT2D eigenvalue weighted by molar-refractivity contribution is 6.30. The summed E-state index contributed by atoms with van der Waals surface area (Å²) in [6.07, 6.45) is 1.21. The van der Waals surface area contributed by atoms with Crippen molar-refractivity contribution in [2.24, 2.45) is 11.8 Å². The third-order valence-electron chi connectivity index (χ3n) is 5.88. The molecule has 0 aromatic heterocycles. The zero-order valence-corrected chi connectivity index (χ0v) is 19.4. The number of ketones is 1. The summed E-state index contributed by atoms with van der Waals surface area (Å²) in [5, 5.41) is 3.41. The van der Waals surface area contributed by atoms with E-state index in [0.717, 1.165) is 0 Å². The highest BCUT2D eigenvalue weighted by Crippen LogP contribution is 2.24. The lowest BCUT2D eigenvalue weighted by atomic mass is 9.88. The zero-order chi connectivity index (χ0) is 23.3. The van der Waals surface area contributed by atoms with Crippen molar-refractivity contribution in [2.45, 2.75) is 32.7 Å². The molecule has 0 spiro atoms. The Balaban J connectivity index is 1.59. The monoisotopic (exact) mass is 456 g/mol. The van der Waals surface area contributed by atoms with Gasteiger partial charge in [0.15, 0.2) is 5.78 Å². The fourth-order valence-electron chi connectivity index (χ4n) is 3.89. The van der Waals surface area contributed by atoms with Crippen molar-refractivity contribution in [3.8, 4) is 5.75 Å². The van der Waals surface area contributed by atoms with E-state index < -0.39 is 6.04 Å². The van der Waals surface area contributed by atoms with Gasteiger partial charge in [-0.2, -0.15) is 0 Å². The number of nitrogens with one attached hydrogen (secondary N) is 1. The molecule has 1 saturated heterocycles. The van der Waals surface area contributed by atoms with Gasteiger partial charge in [0.05, 0.1) is 7.11 Å². The molecule has 1 heterocycles. The molecule has 0 aliphatic carbocycles. The van der Waals surface area contributed by atoms with Crippen molar-refractivity contribution in [2.75, 3.05) is 20.2 Å². The van der Waals surface area contributed by atoms with Gasteiger partial charge in [0.1, 0.15) is 11.8 Å². The maximum atomic E-state index is 13.2. The summed E-state index contributed by atoms with van der Waals surface area (Å²) >= 11 is 5.89. The fraction of sp³-hybridized carbons (Fsp3) is 0.400. The Hall–Kier alpha value is -2.86. The van der Waals surface area contributed by atoms with Gasteiger partial charge in [-0.1, -0.05) is 25.4 Å². The SMILES string of the molecule is COc1ccc(C(=O)C2CCN(C(=O)C(NC(=O)c3ccc(Cl)cc3)C(C)C)CC2)cc1. The minimum atomic E-state index is -0.632. The summed E-state index contributed by atoms with van der Waals surface area (Å²) in [6, 6.07) is 13.0. The molecule has 2 amide bonds. The first-order valence-electron chi connectivity index (χ1n) is 10.8. The number of carbonyl (C=O) groups excluding carboxylic acids is 3. The van der Waals surface area contributed by atoms with Gasteiger partial charge in [0.2, 0.25) is 5.91 Å². The smallest absolute Gasteiger partial charge is 0.251 e. The molecule has 3 rings (SSSR count). The summed E-state index contributed by atoms with van der Waals surface area (Å²) in [4.78, 5) is 40.4. The van der Waals surface area contributed by atoms with Crippen LogP contribution in [-0.4, -0.2) is 48.7 Å². The van der Waals surface area contributed by atoms with Crippen LogP contribution in [0.15, 0.2) is 48.5 Å². The molecule has 2 aromatic carbocycles. The van der Waals surface area contributed by atoms with Crippen LogP contribution in [0.4, 0.5) is 0 Å². The molecule has 7 heteroatoms. The average Bonchev–Trinajstić information content (AvgIpc) is 2.82. The Morgan fingerprint density at radius 3 is 2.06 bits per heavy atom. The third kappa shape index (κ3) is 5.68. The van der Waals surface area contributed by atoms with Crippen molar-refractivity contribution < 1.29 is 19.1 Å². The largest absolute Gasteiger partial charge is 0.497 e. The van der Waals surface area contributed by atoms with Crippen molar-refractivity contribution in [3.05, 3.63) is 64.7 Å². The van der Waals surface area contributed by atoms with Gasteiger partial charge in [0.25, 0.3) is 5.91 Å². The second-order valence-corrected chi connectivity index (χ2v) is 8.83. The number of methoxy groups -OCH3 is 1. The van der Waals surface area contributed by atoms with Crippen LogP contribution in [0.1, 0.15) is 47.4 Å². The van der Waals surface area contributed by atoms with E-state index in [1.165, 1.54) is 0 Å². The van der Waals surface area contributed by atoms with E-state index >= 15 is 0 Å². The second-order valence-electron chi connectivity index (χ2n) is 8.39. The van der Waals surface area contributed by atoms with Gasteiger partial charge in [-0.3, -0.25) is 14.4 Å². The molecule has 1 aliphatic rings. The molecular weight excluding hydrogens is 428 g/mol. The first-order chi connectivity index (χ1) is 15.3. The Kier molecular flexibility index (Phi) is 7.91. The molecule has 1 atom stereocenters. The lowest BCUT2D eigenvalue weighted by molar-refractivity contribution is -0.135. The first-order valence-corrected chi connectivity index (χ1v) is 11.2.